The average molecular weight is 530 g/mol. The second kappa shape index (κ2) is 10.3. The first kappa shape index (κ1) is 25.4. The molecule has 10 nitrogen and oxygen atoms in total. The number of aromatic nitrogens is 5. The highest BCUT2D eigenvalue weighted by Gasteiger charge is 2.23. The van der Waals surface area contributed by atoms with E-state index in [2.05, 4.69) is 25.8 Å². The van der Waals surface area contributed by atoms with Gasteiger partial charge in [-0.15, -0.1) is 0 Å². The first-order valence-electron chi connectivity index (χ1n) is 13.6. The summed E-state index contributed by atoms with van der Waals surface area (Å²) in [6, 6.07) is 10.4. The number of aliphatic hydroxyl groups excluding tert-OH is 1. The van der Waals surface area contributed by atoms with Crippen LogP contribution in [0.3, 0.4) is 0 Å². The lowest BCUT2D eigenvalue weighted by atomic mass is 10.0. The number of likely N-dealkylation sites (tertiary alicyclic amines) is 1. The molecule has 5 aromatic rings. The molecule has 0 radical (unpaired) electrons. The van der Waals surface area contributed by atoms with Crippen LogP contribution in [-0.4, -0.2) is 59.2 Å². The number of rotatable bonds is 8. The Balaban J connectivity index is 1.12. The van der Waals surface area contributed by atoms with Crippen LogP contribution >= 0.6 is 0 Å². The Hall–Kier alpha value is -3.89. The topological polar surface area (TPSA) is 106 Å². The number of nitrogens with one attached hydrogen (secondary N) is 1. The summed E-state index contributed by atoms with van der Waals surface area (Å²) in [5.74, 6) is 2.92. The molecule has 1 fully saturated rings. The van der Waals surface area contributed by atoms with Crippen LogP contribution in [0.1, 0.15) is 41.2 Å². The van der Waals surface area contributed by atoms with Crippen molar-refractivity contribution in [1.29, 1.82) is 0 Å². The first-order valence-corrected chi connectivity index (χ1v) is 13.6. The van der Waals surface area contributed by atoms with Crippen molar-refractivity contribution < 1.29 is 9.52 Å². The molecule has 5 heterocycles. The predicted octanol–water partition coefficient (Wildman–Crippen LogP) is 3.25. The van der Waals surface area contributed by atoms with Gasteiger partial charge in [0, 0.05) is 56.2 Å². The lowest BCUT2D eigenvalue weighted by Gasteiger charge is -2.32. The van der Waals surface area contributed by atoms with Crippen LogP contribution < -0.4 is 10.9 Å². The van der Waals surface area contributed by atoms with Crippen LogP contribution in [0.4, 0.5) is 5.95 Å². The van der Waals surface area contributed by atoms with Crippen molar-refractivity contribution in [3.05, 3.63) is 81.4 Å². The van der Waals surface area contributed by atoms with Gasteiger partial charge in [0.1, 0.15) is 18.1 Å². The molecule has 2 N–H and O–H groups in total. The van der Waals surface area contributed by atoms with E-state index in [0.29, 0.717) is 30.5 Å². The molecule has 1 aromatic carbocycles. The summed E-state index contributed by atoms with van der Waals surface area (Å²) in [6.07, 6.45) is 6.34. The number of piperidine rings is 1. The SMILES string of the molecule is Cc1nc2n(C)ccn2c(=O)c1CCN1CCC(Nc2nc3ccccc3n2Cc2cc(CO)oc2C)CC1. The van der Waals surface area contributed by atoms with E-state index in [1.165, 1.54) is 0 Å². The zero-order valence-electron chi connectivity index (χ0n) is 22.7. The minimum atomic E-state index is -0.110. The van der Waals surface area contributed by atoms with E-state index < -0.39 is 0 Å². The normalized spacial score (nSPS) is 15.1. The van der Waals surface area contributed by atoms with Gasteiger partial charge in [0.25, 0.3) is 5.56 Å². The Morgan fingerprint density at radius 1 is 1.13 bits per heavy atom. The minimum absolute atomic E-state index is 0.0347. The standard InChI is InChI=1S/C29H35N7O3/c1-19-24(27(38)35-15-14-33(3)29(35)30-19)10-13-34-11-8-22(9-12-34)31-28-32-25-6-4-5-7-26(25)36(28)17-21-16-23(18-37)39-20(21)2/h4-7,14-16,22,37H,8-13,17-18H2,1-3H3,(H,31,32). The van der Waals surface area contributed by atoms with Gasteiger partial charge in [0.2, 0.25) is 11.7 Å². The summed E-state index contributed by atoms with van der Waals surface area (Å²) < 4.78 is 11.4. The number of aryl methyl sites for hydroxylation is 3. The van der Waals surface area contributed by atoms with Gasteiger partial charge in [0.15, 0.2) is 0 Å². The summed E-state index contributed by atoms with van der Waals surface area (Å²) in [6.45, 7) is 7.13. The van der Waals surface area contributed by atoms with Crippen molar-refractivity contribution in [2.75, 3.05) is 25.0 Å². The van der Waals surface area contributed by atoms with Gasteiger partial charge in [-0.2, -0.15) is 0 Å². The molecule has 39 heavy (non-hydrogen) atoms. The quantitative estimate of drug-likeness (QED) is 0.318. The van der Waals surface area contributed by atoms with Crippen LogP contribution in [0.25, 0.3) is 16.8 Å². The van der Waals surface area contributed by atoms with Crippen molar-refractivity contribution in [2.45, 2.75) is 52.3 Å². The molecule has 0 bridgehead atoms. The van der Waals surface area contributed by atoms with Gasteiger partial charge in [-0.05, 0) is 51.3 Å². The Morgan fingerprint density at radius 3 is 2.69 bits per heavy atom. The number of furan rings is 1. The molecule has 0 amide bonds. The Morgan fingerprint density at radius 2 is 1.92 bits per heavy atom. The molecule has 1 aliphatic rings. The van der Waals surface area contributed by atoms with Crippen molar-refractivity contribution >= 4 is 22.8 Å². The van der Waals surface area contributed by atoms with Crippen LogP contribution in [0, 0.1) is 13.8 Å². The van der Waals surface area contributed by atoms with Gasteiger partial charge in [-0.3, -0.25) is 9.20 Å². The predicted molar refractivity (Wildman–Crippen MR) is 150 cm³/mol. The molecule has 6 rings (SSSR count). The van der Waals surface area contributed by atoms with Crippen LogP contribution in [0.2, 0.25) is 0 Å². The molecule has 0 saturated carbocycles. The number of para-hydroxylation sites is 2. The molecule has 4 aromatic heterocycles. The number of aliphatic hydroxyl groups is 1. The molecule has 0 aliphatic carbocycles. The Kier molecular flexibility index (Phi) is 6.74. The zero-order valence-corrected chi connectivity index (χ0v) is 22.7. The van der Waals surface area contributed by atoms with Gasteiger partial charge in [-0.1, -0.05) is 12.1 Å². The van der Waals surface area contributed by atoms with Gasteiger partial charge >= 0.3 is 0 Å². The summed E-state index contributed by atoms with van der Waals surface area (Å²) >= 11 is 0. The molecule has 1 saturated heterocycles. The maximum atomic E-state index is 13.0. The molecular weight excluding hydrogens is 494 g/mol. The average Bonchev–Trinajstić information content (AvgIpc) is 3.60. The third-order valence-corrected chi connectivity index (χ3v) is 7.96. The number of imidazole rings is 2. The number of benzene rings is 1. The number of anilines is 1. The number of hydrogen-bond acceptors (Lipinski definition) is 7. The fraction of sp³-hybridized carbons (Fsp3) is 0.414. The van der Waals surface area contributed by atoms with Crippen LogP contribution in [0.5, 0.6) is 0 Å². The van der Waals surface area contributed by atoms with E-state index in [9.17, 15) is 9.90 Å². The van der Waals surface area contributed by atoms with Crippen LogP contribution in [0.15, 0.2) is 51.9 Å². The van der Waals surface area contributed by atoms with E-state index in [4.69, 9.17) is 9.40 Å². The van der Waals surface area contributed by atoms with Crippen molar-refractivity contribution in [3.63, 3.8) is 0 Å². The molecule has 1 aliphatic heterocycles. The lowest BCUT2D eigenvalue weighted by Crippen LogP contribution is -2.41. The number of hydrogen-bond donors (Lipinski definition) is 2. The van der Waals surface area contributed by atoms with E-state index in [-0.39, 0.29) is 12.2 Å². The highest BCUT2D eigenvalue weighted by atomic mass is 16.4. The maximum absolute atomic E-state index is 13.0. The lowest BCUT2D eigenvalue weighted by molar-refractivity contribution is 0.220. The summed E-state index contributed by atoms with van der Waals surface area (Å²) in [4.78, 5) is 25.0. The Bertz CT molecular complexity index is 1680. The molecule has 0 atom stereocenters. The summed E-state index contributed by atoms with van der Waals surface area (Å²) in [5, 5.41) is 13.2. The number of nitrogens with zero attached hydrogens (tertiary/aromatic N) is 6. The second-order valence-corrected chi connectivity index (χ2v) is 10.5. The Labute approximate surface area is 226 Å². The minimum Gasteiger partial charge on any atom is -0.464 e. The monoisotopic (exact) mass is 529 g/mol. The van der Waals surface area contributed by atoms with E-state index in [1.54, 1.807) is 10.6 Å². The number of fused-ring (bicyclic) bond motifs is 2. The fourth-order valence-electron chi connectivity index (χ4n) is 5.66. The van der Waals surface area contributed by atoms with Crippen LogP contribution in [-0.2, 0) is 26.6 Å². The first-order chi connectivity index (χ1) is 18.9. The molecule has 0 spiro atoms. The van der Waals surface area contributed by atoms with Crippen molar-refractivity contribution in [2.24, 2.45) is 7.05 Å². The molecule has 0 unspecified atom stereocenters. The third kappa shape index (κ3) is 4.86. The van der Waals surface area contributed by atoms with Crippen molar-refractivity contribution in [1.82, 2.24) is 28.4 Å². The highest BCUT2D eigenvalue weighted by Crippen LogP contribution is 2.26. The molecular formula is C29H35N7O3. The molecule has 204 valence electrons. The van der Waals surface area contributed by atoms with Crippen molar-refractivity contribution in [3.8, 4) is 0 Å². The summed E-state index contributed by atoms with van der Waals surface area (Å²) in [7, 11) is 1.90. The van der Waals surface area contributed by atoms with Gasteiger partial charge < -0.3 is 28.9 Å². The van der Waals surface area contributed by atoms with Gasteiger partial charge in [-0.25, -0.2) is 9.97 Å². The van der Waals surface area contributed by atoms with Gasteiger partial charge in [0.05, 0.1) is 23.3 Å². The van der Waals surface area contributed by atoms with E-state index >= 15 is 0 Å². The highest BCUT2D eigenvalue weighted by molar-refractivity contribution is 5.78. The van der Waals surface area contributed by atoms with E-state index in [1.807, 2.05) is 55.9 Å². The van der Waals surface area contributed by atoms with E-state index in [0.717, 1.165) is 72.0 Å². The maximum Gasteiger partial charge on any atom is 0.262 e. The fourth-order valence-corrected chi connectivity index (χ4v) is 5.66. The largest absolute Gasteiger partial charge is 0.464 e. The summed E-state index contributed by atoms with van der Waals surface area (Å²) in [5.41, 5.74) is 4.70. The second-order valence-electron chi connectivity index (χ2n) is 10.5. The molecule has 10 heteroatoms. The zero-order chi connectivity index (χ0) is 27.1. The smallest absolute Gasteiger partial charge is 0.262 e. The third-order valence-electron chi connectivity index (χ3n) is 7.96.